The van der Waals surface area contributed by atoms with E-state index in [1.807, 2.05) is 0 Å². The summed E-state index contributed by atoms with van der Waals surface area (Å²) in [6, 6.07) is 9.46. The van der Waals surface area contributed by atoms with Gasteiger partial charge in [-0.05, 0) is 55.8 Å². The van der Waals surface area contributed by atoms with Crippen LogP contribution in [0.5, 0.6) is 0 Å². The van der Waals surface area contributed by atoms with E-state index in [2.05, 4.69) is 34.5 Å². The van der Waals surface area contributed by atoms with Gasteiger partial charge in [0.05, 0.1) is 12.2 Å². The average molecular weight is 284 g/mol. The van der Waals surface area contributed by atoms with E-state index in [-0.39, 0.29) is 0 Å². The molecule has 0 spiro atoms. The fourth-order valence-corrected chi connectivity index (χ4v) is 4.82. The van der Waals surface area contributed by atoms with Gasteiger partial charge in [-0.1, -0.05) is 12.1 Å². The van der Waals surface area contributed by atoms with Crippen molar-refractivity contribution in [3.8, 4) is 0 Å². The van der Waals surface area contributed by atoms with Gasteiger partial charge in [-0.25, -0.2) is 0 Å². The van der Waals surface area contributed by atoms with Crippen molar-refractivity contribution in [1.29, 1.82) is 0 Å². The van der Waals surface area contributed by atoms with Gasteiger partial charge in [0.2, 0.25) is 0 Å². The second-order valence-corrected chi connectivity index (χ2v) is 7.45. The third kappa shape index (κ3) is 1.94. The largest absolute Gasteiger partial charge is 0.371 e. The summed E-state index contributed by atoms with van der Waals surface area (Å²) in [6.45, 7) is 4.55. The van der Waals surface area contributed by atoms with Crippen LogP contribution >= 0.6 is 0 Å². The lowest BCUT2D eigenvalue weighted by Crippen LogP contribution is -2.50. The predicted octanol–water partition coefficient (Wildman–Crippen LogP) is 2.31. The highest BCUT2D eigenvalue weighted by Gasteiger charge is 2.57. The van der Waals surface area contributed by atoms with Crippen molar-refractivity contribution in [2.24, 2.45) is 5.92 Å². The highest BCUT2D eigenvalue weighted by molar-refractivity contribution is 5.51. The van der Waals surface area contributed by atoms with Crippen LogP contribution in [0.25, 0.3) is 0 Å². The first-order valence-electron chi connectivity index (χ1n) is 8.55. The molecule has 1 aromatic carbocycles. The molecule has 3 saturated heterocycles. The number of piperidine rings is 1. The lowest BCUT2D eigenvalue weighted by atomic mass is 9.94. The lowest BCUT2D eigenvalue weighted by Gasteiger charge is -2.42. The van der Waals surface area contributed by atoms with Crippen LogP contribution in [0.2, 0.25) is 0 Å². The van der Waals surface area contributed by atoms with Crippen molar-refractivity contribution < 1.29 is 4.74 Å². The van der Waals surface area contributed by atoms with Gasteiger partial charge in [0.15, 0.2) is 0 Å². The number of hydrogen-bond acceptors (Lipinski definition) is 3. The van der Waals surface area contributed by atoms with Crippen molar-refractivity contribution in [2.45, 2.75) is 43.3 Å². The minimum Gasteiger partial charge on any atom is -0.371 e. The minimum absolute atomic E-state index is 0.461. The number of rotatable bonds is 2. The first kappa shape index (κ1) is 12.5. The Morgan fingerprint density at radius 1 is 1.10 bits per heavy atom. The summed E-state index contributed by atoms with van der Waals surface area (Å²) in [5, 5.41) is 3.54. The molecule has 0 aromatic heterocycles. The van der Waals surface area contributed by atoms with Gasteiger partial charge in [0, 0.05) is 30.7 Å². The quantitative estimate of drug-likeness (QED) is 0.902. The molecular weight excluding hydrogens is 260 g/mol. The van der Waals surface area contributed by atoms with Crippen LogP contribution in [0.4, 0.5) is 5.69 Å². The summed E-state index contributed by atoms with van der Waals surface area (Å²) in [5.41, 5.74) is 3.42. The normalized spacial score (nSPS) is 41.0. The second-order valence-electron chi connectivity index (χ2n) is 7.45. The highest BCUT2D eigenvalue weighted by atomic mass is 16.5. The van der Waals surface area contributed by atoms with Crippen LogP contribution in [0.1, 0.15) is 31.2 Å². The van der Waals surface area contributed by atoms with E-state index in [0.717, 1.165) is 19.0 Å². The Labute approximate surface area is 126 Å². The van der Waals surface area contributed by atoms with Gasteiger partial charge in [-0.2, -0.15) is 0 Å². The fourth-order valence-electron chi connectivity index (χ4n) is 4.82. The van der Waals surface area contributed by atoms with Crippen molar-refractivity contribution in [2.75, 3.05) is 31.1 Å². The maximum Gasteiger partial charge on any atom is 0.0754 e. The summed E-state index contributed by atoms with van der Waals surface area (Å²) in [4.78, 5) is 2.54. The number of nitrogens with one attached hydrogen (secondary N) is 1. The third-order valence-corrected chi connectivity index (χ3v) is 6.16. The molecule has 1 aliphatic carbocycles. The number of nitrogens with zero attached hydrogens (tertiary/aromatic N) is 1. The van der Waals surface area contributed by atoms with Crippen molar-refractivity contribution in [3.63, 3.8) is 0 Å². The summed E-state index contributed by atoms with van der Waals surface area (Å²) < 4.78 is 6.05. The molecular formula is C18H24N2O. The maximum absolute atomic E-state index is 6.05. The molecule has 4 fully saturated rings. The molecule has 112 valence electrons. The number of hydrogen-bond donors (Lipinski definition) is 1. The lowest BCUT2D eigenvalue weighted by molar-refractivity contribution is -0.0605. The van der Waals surface area contributed by atoms with Gasteiger partial charge in [0.25, 0.3) is 0 Å². The second kappa shape index (κ2) is 4.47. The number of anilines is 1. The number of fused-ring (bicyclic) bond motifs is 3. The number of benzene rings is 1. The van der Waals surface area contributed by atoms with E-state index >= 15 is 0 Å². The first-order valence-corrected chi connectivity index (χ1v) is 8.55. The predicted molar refractivity (Wildman–Crippen MR) is 83.8 cm³/mol. The molecule has 3 heterocycles. The summed E-state index contributed by atoms with van der Waals surface area (Å²) in [5.74, 6) is 0.895. The van der Waals surface area contributed by atoms with E-state index in [1.54, 1.807) is 5.56 Å². The van der Waals surface area contributed by atoms with Gasteiger partial charge in [-0.15, -0.1) is 0 Å². The molecule has 0 radical (unpaired) electrons. The Morgan fingerprint density at radius 2 is 1.86 bits per heavy atom. The zero-order chi connectivity index (χ0) is 13.9. The first-order chi connectivity index (χ1) is 10.3. The average Bonchev–Trinajstić information content (AvgIpc) is 3.09. The van der Waals surface area contributed by atoms with Gasteiger partial charge in [0.1, 0.15) is 0 Å². The molecule has 0 amide bonds. The van der Waals surface area contributed by atoms with Gasteiger partial charge >= 0.3 is 0 Å². The molecule has 3 heteroatoms. The van der Waals surface area contributed by atoms with Crippen LogP contribution in [-0.2, 0) is 10.2 Å². The van der Waals surface area contributed by atoms with E-state index in [9.17, 15) is 0 Å². The Bertz CT molecular complexity index is 531. The molecule has 1 N–H and O–H groups in total. The summed E-state index contributed by atoms with van der Waals surface area (Å²) in [6.07, 6.45) is 6.13. The third-order valence-electron chi connectivity index (χ3n) is 6.16. The van der Waals surface area contributed by atoms with E-state index in [1.165, 1.54) is 44.5 Å². The zero-order valence-corrected chi connectivity index (χ0v) is 12.6. The number of ether oxygens (including phenoxy) is 1. The van der Waals surface area contributed by atoms with Crippen LogP contribution in [0, 0.1) is 5.92 Å². The topological polar surface area (TPSA) is 24.5 Å². The molecule has 4 atom stereocenters. The SMILES string of the molecule is c1cc(C23CNCC2C3)ccc1N1CC2CCCC(C1)O2. The van der Waals surface area contributed by atoms with Crippen molar-refractivity contribution in [3.05, 3.63) is 29.8 Å². The van der Waals surface area contributed by atoms with E-state index in [0.29, 0.717) is 17.6 Å². The maximum atomic E-state index is 6.05. The Balaban J connectivity index is 1.36. The Kier molecular flexibility index (Phi) is 2.65. The molecule has 3 aliphatic heterocycles. The molecule has 3 nitrogen and oxygen atoms in total. The summed E-state index contributed by atoms with van der Waals surface area (Å²) in [7, 11) is 0. The molecule has 4 unspecified atom stereocenters. The number of morpholine rings is 1. The smallest absolute Gasteiger partial charge is 0.0754 e. The van der Waals surface area contributed by atoms with Crippen molar-refractivity contribution >= 4 is 5.69 Å². The Hall–Kier alpha value is -1.06. The Morgan fingerprint density at radius 3 is 2.48 bits per heavy atom. The monoisotopic (exact) mass is 284 g/mol. The van der Waals surface area contributed by atoms with Crippen molar-refractivity contribution in [1.82, 2.24) is 5.32 Å². The van der Waals surface area contributed by atoms with Gasteiger partial charge in [-0.3, -0.25) is 0 Å². The molecule has 1 saturated carbocycles. The molecule has 21 heavy (non-hydrogen) atoms. The zero-order valence-electron chi connectivity index (χ0n) is 12.6. The van der Waals surface area contributed by atoms with Crippen LogP contribution in [0.3, 0.4) is 0 Å². The molecule has 2 bridgehead atoms. The van der Waals surface area contributed by atoms with E-state index in [4.69, 9.17) is 4.74 Å². The van der Waals surface area contributed by atoms with Gasteiger partial charge < -0.3 is 15.0 Å². The van der Waals surface area contributed by atoms with Crippen LogP contribution in [-0.4, -0.2) is 38.4 Å². The standard InChI is InChI=1S/C18H24N2O/c1-2-16-10-20(11-17(3-1)21-16)15-6-4-13(5-7-15)18-8-14(18)9-19-12-18/h4-7,14,16-17,19H,1-3,8-12H2. The molecule has 4 aliphatic rings. The molecule has 1 aromatic rings. The molecule has 5 rings (SSSR count). The fraction of sp³-hybridized carbons (Fsp3) is 0.667. The van der Waals surface area contributed by atoms with Crippen LogP contribution in [0.15, 0.2) is 24.3 Å². The minimum atomic E-state index is 0.461. The van der Waals surface area contributed by atoms with Crippen LogP contribution < -0.4 is 10.2 Å². The highest BCUT2D eigenvalue weighted by Crippen LogP contribution is 2.56. The van der Waals surface area contributed by atoms with E-state index < -0.39 is 0 Å². The summed E-state index contributed by atoms with van der Waals surface area (Å²) >= 11 is 0.